The van der Waals surface area contributed by atoms with E-state index in [1.54, 1.807) is 0 Å². The topological polar surface area (TPSA) is 37.4 Å². The van der Waals surface area contributed by atoms with Crippen molar-refractivity contribution >= 4 is 33.3 Å². The Hall–Kier alpha value is -1.37. The van der Waals surface area contributed by atoms with Gasteiger partial charge in [0.05, 0.1) is 16.8 Å². The first-order valence-corrected chi connectivity index (χ1v) is 7.53. The SMILES string of the molecule is O=C1C(=O)N(CC2(CBr)CC2)c2ccc(C(F)(F)F)cc21. The Balaban J connectivity index is 1.98. The monoisotopic (exact) mass is 361 g/mol. The molecule has 0 saturated heterocycles. The van der Waals surface area contributed by atoms with E-state index in [-0.39, 0.29) is 16.7 Å². The van der Waals surface area contributed by atoms with Gasteiger partial charge in [-0.3, -0.25) is 9.59 Å². The number of carbonyl (C=O) groups is 2. The molecule has 0 N–H and O–H groups in total. The van der Waals surface area contributed by atoms with E-state index in [2.05, 4.69) is 15.9 Å². The zero-order valence-electron chi connectivity index (χ0n) is 10.8. The molecule has 1 aromatic carbocycles. The van der Waals surface area contributed by atoms with Crippen LogP contribution in [0.4, 0.5) is 18.9 Å². The van der Waals surface area contributed by atoms with Crippen LogP contribution in [0.5, 0.6) is 0 Å². The van der Waals surface area contributed by atoms with Gasteiger partial charge in [0.15, 0.2) is 0 Å². The fourth-order valence-electron chi connectivity index (χ4n) is 2.48. The van der Waals surface area contributed by atoms with E-state index < -0.39 is 23.4 Å². The van der Waals surface area contributed by atoms with Crippen molar-refractivity contribution in [2.45, 2.75) is 19.0 Å². The van der Waals surface area contributed by atoms with Gasteiger partial charge in [0.2, 0.25) is 0 Å². The normalized spacial score (nSPS) is 19.9. The first-order chi connectivity index (χ1) is 9.77. The van der Waals surface area contributed by atoms with Gasteiger partial charge in [0, 0.05) is 11.9 Å². The molecule has 7 heteroatoms. The highest BCUT2D eigenvalue weighted by Crippen LogP contribution is 2.49. The maximum Gasteiger partial charge on any atom is 0.416 e. The highest BCUT2D eigenvalue weighted by molar-refractivity contribution is 9.09. The molecule has 0 aromatic heterocycles. The van der Waals surface area contributed by atoms with Crippen LogP contribution in [0.1, 0.15) is 28.8 Å². The van der Waals surface area contributed by atoms with Crippen molar-refractivity contribution < 1.29 is 22.8 Å². The largest absolute Gasteiger partial charge is 0.416 e. The Morgan fingerprint density at radius 3 is 2.43 bits per heavy atom. The van der Waals surface area contributed by atoms with Crippen LogP contribution in [0.25, 0.3) is 0 Å². The molecule has 1 aromatic rings. The summed E-state index contributed by atoms with van der Waals surface area (Å²) in [5.41, 5.74) is -0.837. The second kappa shape index (κ2) is 4.56. The predicted molar refractivity (Wildman–Crippen MR) is 73.6 cm³/mol. The van der Waals surface area contributed by atoms with Gasteiger partial charge in [-0.05, 0) is 36.5 Å². The lowest BCUT2D eigenvalue weighted by molar-refractivity contribution is -0.137. The molecule has 0 radical (unpaired) electrons. The third kappa shape index (κ3) is 2.37. The number of anilines is 1. The van der Waals surface area contributed by atoms with Crippen LogP contribution in [0.15, 0.2) is 18.2 Å². The molecule has 3 rings (SSSR count). The van der Waals surface area contributed by atoms with E-state index in [9.17, 15) is 22.8 Å². The molecule has 1 amide bonds. The van der Waals surface area contributed by atoms with Crippen molar-refractivity contribution in [3.8, 4) is 0 Å². The fraction of sp³-hybridized carbons (Fsp3) is 0.429. The van der Waals surface area contributed by atoms with E-state index in [1.165, 1.54) is 11.0 Å². The molecule has 112 valence electrons. The number of fused-ring (bicyclic) bond motifs is 1. The second-order valence-corrected chi connectivity index (χ2v) is 6.14. The lowest BCUT2D eigenvalue weighted by Gasteiger charge is -2.22. The molecule has 1 saturated carbocycles. The number of alkyl halides is 4. The Kier molecular flexibility index (Phi) is 3.16. The molecule has 1 aliphatic heterocycles. The third-order valence-electron chi connectivity index (χ3n) is 4.03. The lowest BCUT2D eigenvalue weighted by atomic mass is 10.1. The molecule has 0 bridgehead atoms. The van der Waals surface area contributed by atoms with Crippen LogP contribution in [0.3, 0.4) is 0 Å². The molecular formula is C14H11BrF3NO2. The maximum atomic E-state index is 12.7. The molecule has 1 aliphatic carbocycles. The number of hydrogen-bond donors (Lipinski definition) is 0. The minimum Gasteiger partial charge on any atom is -0.304 e. The van der Waals surface area contributed by atoms with Gasteiger partial charge in [0.1, 0.15) is 0 Å². The number of hydrogen-bond acceptors (Lipinski definition) is 2. The van der Waals surface area contributed by atoms with Gasteiger partial charge in [-0.25, -0.2) is 0 Å². The first-order valence-electron chi connectivity index (χ1n) is 6.41. The third-order valence-corrected chi connectivity index (χ3v) is 5.22. The predicted octanol–water partition coefficient (Wildman–Crippen LogP) is 3.41. The Bertz CT molecular complexity index is 638. The summed E-state index contributed by atoms with van der Waals surface area (Å²) in [5.74, 6) is -1.60. The summed E-state index contributed by atoms with van der Waals surface area (Å²) in [6.45, 7) is 0.362. The van der Waals surface area contributed by atoms with Gasteiger partial charge < -0.3 is 4.90 Å². The number of benzene rings is 1. The standard InChI is InChI=1S/C14H11BrF3NO2/c15-6-13(3-4-13)7-19-10-2-1-8(14(16,17)18)5-9(10)11(20)12(19)21/h1-2,5H,3-4,6-7H2. The molecule has 0 unspecified atom stereocenters. The van der Waals surface area contributed by atoms with Crippen molar-refractivity contribution in [1.82, 2.24) is 0 Å². The fourth-order valence-corrected chi connectivity index (χ4v) is 3.22. The summed E-state index contributed by atoms with van der Waals surface area (Å²) < 4.78 is 38.1. The molecule has 0 spiro atoms. The van der Waals surface area contributed by atoms with Crippen molar-refractivity contribution in [1.29, 1.82) is 0 Å². The average Bonchev–Trinajstić information content (AvgIpc) is 3.17. The summed E-state index contributed by atoms with van der Waals surface area (Å²) in [5, 5.41) is 0.702. The number of amides is 1. The van der Waals surface area contributed by atoms with E-state index in [0.717, 1.165) is 25.0 Å². The number of Topliss-reactive ketones (excluding diaryl/α,β-unsaturated/α-hetero) is 1. The zero-order chi connectivity index (χ0) is 15.4. The summed E-state index contributed by atoms with van der Waals surface area (Å²) in [4.78, 5) is 25.2. The number of rotatable bonds is 3. The van der Waals surface area contributed by atoms with Crippen molar-refractivity contribution in [2.75, 3.05) is 16.8 Å². The number of halogens is 4. The van der Waals surface area contributed by atoms with E-state index >= 15 is 0 Å². The first kappa shape index (κ1) is 14.6. The molecule has 21 heavy (non-hydrogen) atoms. The smallest absolute Gasteiger partial charge is 0.304 e. The minimum absolute atomic E-state index is 0.0553. The van der Waals surface area contributed by atoms with Gasteiger partial charge in [-0.15, -0.1) is 0 Å². The van der Waals surface area contributed by atoms with Crippen LogP contribution in [0, 0.1) is 5.41 Å². The van der Waals surface area contributed by atoms with Crippen molar-refractivity contribution in [2.24, 2.45) is 5.41 Å². The summed E-state index contributed by atoms with van der Waals surface area (Å²) in [6, 6.07) is 2.89. The van der Waals surface area contributed by atoms with Crippen LogP contribution < -0.4 is 4.90 Å². The number of ketones is 1. The molecule has 1 fully saturated rings. The summed E-state index contributed by atoms with van der Waals surface area (Å²) >= 11 is 3.38. The average molecular weight is 362 g/mol. The lowest BCUT2D eigenvalue weighted by Crippen LogP contribution is -2.35. The Morgan fingerprint density at radius 1 is 1.24 bits per heavy atom. The van der Waals surface area contributed by atoms with Crippen LogP contribution in [0.2, 0.25) is 0 Å². The van der Waals surface area contributed by atoms with Gasteiger partial charge >= 0.3 is 6.18 Å². The molecule has 2 aliphatic rings. The number of nitrogens with zero attached hydrogens (tertiary/aromatic N) is 1. The maximum absolute atomic E-state index is 12.7. The quantitative estimate of drug-likeness (QED) is 0.611. The second-order valence-electron chi connectivity index (χ2n) is 5.58. The zero-order valence-corrected chi connectivity index (χ0v) is 12.4. The van der Waals surface area contributed by atoms with Gasteiger partial charge in [-0.2, -0.15) is 13.2 Å². The highest BCUT2D eigenvalue weighted by atomic mass is 79.9. The molecule has 1 heterocycles. The molecule has 3 nitrogen and oxygen atoms in total. The van der Waals surface area contributed by atoms with Crippen LogP contribution in [-0.2, 0) is 11.0 Å². The summed E-state index contributed by atoms with van der Waals surface area (Å²) in [7, 11) is 0. The van der Waals surface area contributed by atoms with E-state index in [0.29, 0.717) is 11.9 Å². The highest BCUT2D eigenvalue weighted by Gasteiger charge is 2.48. The Labute approximate surface area is 127 Å². The minimum atomic E-state index is -4.53. The van der Waals surface area contributed by atoms with Gasteiger partial charge in [0.25, 0.3) is 11.7 Å². The van der Waals surface area contributed by atoms with Crippen LogP contribution in [-0.4, -0.2) is 23.6 Å². The van der Waals surface area contributed by atoms with Gasteiger partial charge in [-0.1, -0.05) is 15.9 Å². The molecular weight excluding hydrogens is 351 g/mol. The van der Waals surface area contributed by atoms with E-state index in [4.69, 9.17) is 0 Å². The molecule has 0 atom stereocenters. The van der Waals surface area contributed by atoms with E-state index in [1.807, 2.05) is 0 Å². The Morgan fingerprint density at radius 2 is 1.90 bits per heavy atom. The van der Waals surface area contributed by atoms with Crippen molar-refractivity contribution in [3.05, 3.63) is 29.3 Å². The summed E-state index contributed by atoms with van der Waals surface area (Å²) in [6.07, 6.45) is -2.66. The van der Waals surface area contributed by atoms with Crippen molar-refractivity contribution in [3.63, 3.8) is 0 Å². The van der Waals surface area contributed by atoms with Crippen LogP contribution >= 0.6 is 15.9 Å². The number of carbonyl (C=O) groups excluding carboxylic acids is 2.